The van der Waals surface area contributed by atoms with Gasteiger partial charge in [-0.05, 0) is 20.2 Å². The first-order valence-electron chi connectivity index (χ1n) is 4.95. The third-order valence-corrected chi connectivity index (χ3v) is 3.95. The lowest BCUT2D eigenvalue weighted by Crippen LogP contribution is -2.13. The highest BCUT2D eigenvalue weighted by Gasteiger charge is 2.15. The van der Waals surface area contributed by atoms with Gasteiger partial charge in [0, 0.05) is 29.7 Å². The van der Waals surface area contributed by atoms with Crippen LogP contribution >= 0.6 is 15.9 Å². The third kappa shape index (κ3) is 1.82. The van der Waals surface area contributed by atoms with Gasteiger partial charge in [0.1, 0.15) is 0 Å². The quantitative estimate of drug-likeness (QED) is 0.599. The molecule has 0 bridgehead atoms. The first kappa shape index (κ1) is 10.7. The Morgan fingerprint density at radius 1 is 1.27 bits per heavy atom. The number of nitrogens with zero attached hydrogens (tertiary/aromatic N) is 2. The lowest BCUT2D eigenvalue weighted by Gasteiger charge is -2.17. The van der Waals surface area contributed by atoms with Crippen LogP contribution in [0.5, 0.6) is 0 Å². The average Bonchev–Trinajstić information content (AvgIpc) is 2.56. The van der Waals surface area contributed by atoms with Crippen molar-refractivity contribution in [3.05, 3.63) is 36.0 Å². The molecule has 0 aliphatic heterocycles. The van der Waals surface area contributed by atoms with Crippen molar-refractivity contribution in [2.24, 2.45) is 7.05 Å². The van der Waals surface area contributed by atoms with Crippen LogP contribution in [0.2, 0.25) is 0 Å². The SMILES string of the molecule is CN(C)C(Br)c1cn(C)c2ccccc12. The molecule has 2 nitrogen and oxygen atoms in total. The minimum atomic E-state index is 0.267. The van der Waals surface area contributed by atoms with Crippen LogP contribution in [0.25, 0.3) is 10.9 Å². The van der Waals surface area contributed by atoms with E-state index in [0.717, 1.165) is 0 Å². The van der Waals surface area contributed by atoms with Gasteiger partial charge in [-0.2, -0.15) is 0 Å². The minimum Gasteiger partial charge on any atom is -0.350 e. The van der Waals surface area contributed by atoms with E-state index in [1.807, 2.05) is 0 Å². The number of halogens is 1. The number of aryl methyl sites for hydroxylation is 1. The van der Waals surface area contributed by atoms with Crippen LogP contribution in [-0.2, 0) is 7.05 Å². The van der Waals surface area contributed by atoms with Gasteiger partial charge >= 0.3 is 0 Å². The monoisotopic (exact) mass is 266 g/mol. The maximum atomic E-state index is 3.70. The molecule has 2 rings (SSSR count). The van der Waals surface area contributed by atoms with E-state index in [0.29, 0.717) is 0 Å². The van der Waals surface area contributed by atoms with Gasteiger partial charge in [0.2, 0.25) is 0 Å². The molecule has 0 aliphatic rings. The smallest absolute Gasteiger partial charge is 0.0927 e. The maximum Gasteiger partial charge on any atom is 0.0927 e. The Kier molecular flexibility index (Phi) is 2.85. The number of benzene rings is 1. The van der Waals surface area contributed by atoms with E-state index in [-0.39, 0.29) is 4.95 Å². The fraction of sp³-hybridized carbons (Fsp3) is 0.333. The van der Waals surface area contributed by atoms with Gasteiger partial charge < -0.3 is 4.57 Å². The molecule has 2 aromatic rings. The van der Waals surface area contributed by atoms with Crippen molar-refractivity contribution < 1.29 is 0 Å². The molecule has 80 valence electrons. The van der Waals surface area contributed by atoms with Crippen LogP contribution in [0, 0.1) is 0 Å². The van der Waals surface area contributed by atoms with Gasteiger partial charge in [-0.25, -0.2) is 0 Å². The second-order valence-corrected chi connectivity index (χ2v) is 4.88. The number of hydrogen-bond acceptors (Lipinski definition) is 1. The summed E-state index contributed by atoms with van der Waals surface area (Å²) < 4.78 is 2.17. The van der Waals surface area contributed by atoms with E-state index >= 15 is 0 Å². The van der Waals surface area contributed by atoms with E-state index in [4.69, 9.17) is 0 Å². The van der Waals surface area contributed by atoms with Crippen molar-refractivity contribution in [1.29, 1.82) is 0 Å². The summed E-state index contributed by atoms with van der Waals surface area (Å²) in [7, 11) is 6.23. The molecular formula is C12H15BrN2. The van der Waals surface area contributed by atoms with Crippen molar-refractivity contribution in [2.75, 3.05) is 14.1 Å². The molecule has 1 aromatic carbocycles. The largest absolute Gasteiger partial charge is 0.350 e. The first-order valence-corrected chi connectivity index (χ1v) is 5.87. The van der Waals surface area contributed by atoms with E-state index in [1.165, 1.54) is 16.5 Å². The van der Waals surface area contributed by atoms with Crippen LogP contribution in [0.1, 0.15) is 10.5 Å². The van der Waals surface area contributed by atoms with Crippen LogP contribution in [-0.4, -0.2) is 23.6 Å². The normalized spacial score (nSPS) is 13.7. The summed E-state index contributed by atoms with van der Waals surface area (Å²) in [6.07, 6.45) is 2.18. The predicted molar refractivity (Wildman–Crippen MR) is 68.3 cm³/mol. The summed E-state index contributed by atoms with van der Waals surface area (Å²) >= 11 is 3.70. The maximum absolute atomic E-state index is 3.70. The summed E-state index contributed by atoms with van der Waals surface area (Å²) in [6.45, 7) is 0. The zero-order valence-corrected chi connectivity index (χ0v) is 10.8. The van der Waals surface area contributed by atoms with Gasteiger partial charge in [0.05, 0.1) is 4.95 Å². The molecule has 0 N–H and O–H groups in total. The zero-order valence-electron chi connectivity index (χ0n) is 9.24. The Balaban J connectivity index is 2.62. The van der Waals surface area contributed by atoms with E-state index in [9.17, 15) is 0 Å². The summed E-state index contributed by atoms with van der Waals surface area (Å²) in [5.74, 6) is 0. The number of hydrogen-bond donors (Lipinski definition) is 0. The molecule has 0 radical (unpaired) electrons. The molecule has 1 heterocycles. The van der Waals surface area contributed by atoms with Crippen molar-refractivity contribution >= 4 is 26.8 Å². The lowest BCUT2D eigenvalue weighted by molar-refractivity contribution is 0.399. The molecule has 3 heteroatoms. The highest BCUT2D eigenvalue weighted by molar-refractivity contribution is 9.09. The second kappa shape index (κ2) is 3.99. The van der Waals surface area contributed by atoms with Crippen LogP contribution in [0.15, 0.2) is 30.5 Å². The van der Waals surface area contributed by atoms with Crippen LogP contribution in [0.4, 0.5) is 0 Å². The fourth-order valence-corrected chi connectivity index (χ4v) is 2.21. The lowest BCUT2D eigenvalue weighted by atomic mass is 10.2. The van der Waals surface area contributed by atoms with Gasteiger partial charge in [0.25, 0.3) is 0 Å². The van der Waals surface area contributed by atoms with Crippen molar-refractivity contribution in [3.8, 4) is 0 Å². The first-order chi connectivity index (χ1) is 7.11. The topological polar surface area (TPSA) is 8.17 Å². The predicted octanol–water partition coefficient (Wildman–Crippen LogP) is 3.13. The third-order valence-electron chi connectivity index (χ3n) is 2.64. The molecule has 0 saturated carbocycles. The van der Waals surface area contributed by atoms with Crippen LogP contribution < -0.4 is 0 Å². The summed E-state index contributed by atoms with van der Waals surface area (Å²) in [6, 6.07) is 8.48. The van der Waals surface area contributed by atoms with Gasteiger partial charge in [-0.15, -0.1) is 0 Å². The molecule has 0 amide bonds. The van der Waals surface area contributed by atoms with Crippen molar-refractivity contribution in [2.45, 2.75) is 4.95 Å². The number of fused-ring (bicyclic) bond motifs is 1. The molecule has 1 unspecified atom stereocenters. The van der Waals surface area contributed by atoms with E-state index in [2.05, 4.69) is 77.0 Å². The fourth-order valence-electron chi connectivity index (χ4n) is 1.84. The molecule has 1 atom stereocenters. The Hall–Kier alpha value is -0.800. The molecule has 0 aliphatic carbocycles. The number of rotatable bonds is 2. The Morgan fingerprint density at radius 3 is 2.60 bits per heavy atom. The van der Waals surface area contributed by atoms with Crippen molar-refractivity contribution in [3.63, 3.8) is 0 Å². The highest BCUT2D eigenvalue weighted by atomic mass is 79.9. The molecule has 0 fully saturated rings. The Bertz CT molecular complexity index is 473. The van der Waals surface area contributed by atoms with E-state index < -0.39 is 0 Å². The number of alkyl halides is 1. The van der Waals surface area contributed by atoms with E-state index in [1.54, 1.807) is 0 Å². The summed E-state index contributed by atoms with van der Waals surface area (Å²) in [4.78, 5) is 2.42. The minimum absolute atomic E-state index is 0.267. The average molecular weight is 267 g/mol. The summed E-state index contributed by atoms with van der Waals surface area (Å²) in [5, 5.41) is 1.32. The van der Waals surface area contributed by atoms with Gasteiger partial charge in [-0.3, -0.25) is 4.90 Å². The second-order valence-electron chi connectivity index (χ2n) is 4.01. The number of aromatic nitrogens is 1. The molecule has 0 saturated heterocycles. The summed E-state index contributed by atoms with van der Waals surface area (Å²) in [5.41, 5.74) is 2.59. The van der Waals surface area contributed by atoms with Crippen LogP contribution in [0.3, 0.4) is 0 Å². The highest BCUT2D eigenvalue weighted by Crippen LogP contribution is 2.32. The zero-order chi connectivity index (χ0) is 11.0. The molecule has 0 spiro atoms. The Labute approximate surface area is 98.6 Å². The van der Waals surface area contributed by atoms with Crippen molar-refractivity contribution in [1.82, 2.24) is 9.47 Å². The van der Waals surface area contributed by atoms with Gasteiger partial charge in [0.15, 0.2) is 0 Å². The Morgan fingerprint density at radius 2 is 1.93 bits per heavy atom. The molecular weight excluding hydrogens is 252 g/mol. The standard InChI is InChI=1S/C12H15BrN2/c1-14(2)12(13)10-8-15(3)11-7-5-4-6-9(10)11/h4-8,12H,1-3H3. The molecule has 1 aromatic heterocycles. The molecule has 15 heavy (non-hydrogen) atoms. The van der Waals surface area contributed by atoms with Gasteiger partial charge in [-0.1, -0.05) is 34.1 Å². The number of para-hydroxylation sites is 1.